The van der Waals surface area contributed by atoms with Crippen molar-refractivity contribution in [1.82, 2.24) is 15.2 Å². The number of ether oxygens (including phenoxy) is 1. The van der Waals surface area contributed by atoms with Crippen molar-refractivity contribution in [2.45, 2.75) is 19.3 Å². The minimum Gasteiger partial charge on any atom is -0.496 e. The predicted molar refractivity (Wildman–Crippen MR) is 111 cm³/mol. The highest BCUT2D eigenvalue weighted by Crippen LogP contribution is 2.33. The molecule has 3 rings (SSSR count). The van der Waals surface area contributed by atoms with Crippen LogP contribution in [-0.2, 0) is 4.79 Å². The molecule has 2 aromatic rings. The normalized spacial score (nSPS) is 14.9. The Hall–Kier alpha value is -2.67. The van der Waals surface area contributed by atoms with Crippen molar-refractivity contribution in [1.29, 1.82) is 0 Å². The fourth-order valence-corrected chi connectivity index (χ4v) is 3.70. The summed E-state index contributed by atoms with van der Waals surface area (Å²) >= 11 is 3.54. The summed E-state index contributed by atoms with van der Waals surface area (Å²) in [6.07, 6.45) is 6.12. The van der Waals surface area contributed by atoms with Gasteiger partial charge in [0, 0.05) is 36.6 Å². The molecule has 1 aromatic carbocycles. The number of piperidine rings is 1. The lowest BCUT2D eigenvalue weighted by Gasteiger charge is -2.28. The Morgan fingerprint density at radius 3 is 2.43 bits per heavy atom. The molecular formula is C21H22BrN3O3. The second-order valence-corrected chi connectivity index (χ2v) is 7.23. The Kier molecular flexibility index (Phi) is 6.81. The van der Waals surface area contributed by atoms with Gasteiger partial charge in [0.25, 0.3) is 11.8 Å². The Morgan fingerprint density at radius 2 is 1.75 bits per heavy atom. The van der Waals surface area contributed by atoms with Gasteiger partial charge in [0.15, 0.2) is 0 Å². The van der Waals surface area contributed by atoms with E-state index in [1.165, 1.54) is 0 Å². The van der Waals surface area contributed by atoms with Gasteiger partial charge in [-0.2, -0.15) is 0 Å². The van der Waals surface area contributed by atoms with Crippen molar-refractivity contribution in [2.24, 2.45) is 0 Å². The number of halogens is 1. The van der Waals surface area contributed by atoms with E-state index in [9.17, 15) is 9.59 Å². The van der Waals surface area contributed by atoms with Gasteiger partial charge in [-0.3, -0.25) is 14.6 Å². The summed E-state index contributed by atoms with van der Waals surface area (Å²) in [4.78, 5) is 31.7. The van der Waals surface area contributed by atoms with Gasteiger partial charge in [-0.15, -0.1) is 0 Å². The van der Waals surface area contributed by atoms with Crippen molar-refractivity contribution >= 4 is 32.2 Å². The number of hydrogen-bond donors (Lipinski definition) is 1. The molecule has 2 heterocycles. The second kappa shape index (κ2) is 9.50. The summed E-state index contributed by atoms with van der Waals surface area (Å²) in [6.45, 7) is 1.36. The number of likely N-dealkylation sites (tertiary alicyclic amines) is 1. The number of benzene rings is 1. The van der Waals surface area contributed by atoms with Gasteiger partial charge in [0.1, 0.15) is 11.4 Å². The molecule has 6 nitrogen and oxygen atoms in total. The lowest BCUT2D eigenvalue weighted by Crippen LogP contribution is -2.41. The molecule has 1 aliphatic rings. The van der Waals surface area contributed by atoms with E-state index in [0.29, 0.717) is 34.4 Å². The van der Waals surface area contributed by atoms with E-state index < -0.39 is 0 Å². The zero-order valence-corrected chi connectivity index (χ0v) is 17.2. The molecule has 0 unspecified atom stereocenters. The number of carbonyl (C=O) groups is 2. The number of para-hydroxylation sites is 1. The first-order valence-electron chi connectivity index (χ1n) is 9.15. The predicted octanol–water partition coefficient (Wildman–Crippen LogP) is 3.60. The second-order valence-electron chi connectivity index (χ2n) is 6.43. The standard InChI is InChI=1S/C21H22BrN3O3/c1-28-17-8-4-3-7-16(17)18(22)19(21(27)25-13-5-2-6-14-25)24-20(26)15-9-11-23-12-10-15/h3-4,7-12H,2,5-6,13-14H2,1H3,(H,24,26). The van der Waals surface area contributed by atoms with E-state index in [4.69, 9.17) is 4.74 Å². The summed E-state index contributed by atoms with van der Waals surface area (Å²) in [7, 11) is 1.57. The molecule has 146 valence electrons. The molecule has 1 aromatic heterocycles. The third-order valence-electron chi connectivity index (χ3n) is 4.60. The maximum Gasteiger partial charge on any atom is 0.271 e. The smallest absolute Gasteiger partial charge is 0.271 e. The van der Waals surface area contributed by atoms with Crippen LogP contribution in [0.4, 0.5) is 0 Å². The van der Waals surface area contributed by atoms with E-state index in [0.717, 1.165) is 19.3 Å². The number of hydrogen-bond acceptors (Lipinski definition) is 4. The van der Waals surface area contributed by atoms with Gasteiger partial charge >= 0.3 is 0 Å². The Bertz CT molecular complexity index is 877. The van der Waals surface area contributed by atoms with Gasteiger partial charge in [0.05, 0.1) is 11.6 Å². The van der Waals surface area contributed by atoms with Crippen LogP contribution < -0.4 is 10.1 Å². The summed E-state index contributed by atoms with van der Waals surface area (Å²) < 4.78 is 5.91. The molecule has 1 N–H and O–H groups in total. The number of pyridine rings is 1. The number of rotatable bonds is 5. The first-order valence-corrected chi connectivity index (χ1v) is 9.95. The maximum absolute atomic E-state index is 13.2. The number of methoxy groups -OCH3 is 1. The van der Waals surface area contributed by atoms with Crippen LogP contribution in [0.2, 0.25) is 0 Å². The first-order chi connectivity index (χ1) is 13.6. The highest BCUT2D eigenvalue weighted by atomic mass is 79.9. The van der Waals surface area contributed by atoms with E-state index in [1.54, 1.807) is 36.5 Å². The van der Waals surface area contributed by atoms with Crippen molar-refractivity contribution in [3.63, 3.8) is 0 Å². The molecule has 0 spiro atoms. The third-order valence-corrected chi connectivity index (χ3v) is 5.42. The molecule has 1 fully saturated rings. The summed E-state index contributed by atoms with van der Waals surface area (Å²) in [5, 5.41) is 2.80. The van der Waals surface area contributed by atoms with Crippen LogP contribution >= 0.6 is 15.9 Å². The first kappa shape index (κ1) is 20.1. The highest BCUT2D eigenvalue weighted by Gasteiger charge is 2.26. The van der Waals surface area contributed by atoms with E-state index in [1.807, 2.05) is 24.3 Å². The SMILES string of the molecule is COc1ccccc1C(Br)=C(NC(=O)c1ccncc1)C(=O)N1CCCCC1. The van der Waals surface area contributed by atoms with Crippen LogP contribution in [0.1, 0.15) is 35.2 Å². The van der Waals surface area contributed by atoms with Gasteiger partial charge in [0.2, 0.25) is 0 Å². The monoisotopic (exact) mass is 443 g/mol. The molecule has 2 amide bonds. The molecule has 0 atom stereocenters. The molecule has 7 heteroatoms. The average molecular weight is 444 g/mol. The zero-order valence-electron chi connectivity index (χ0n) is 15.7. The summed E-state index contributed by atoms with van der Waals surface area (Å²) in [5.41, 5.74) is 1.33. The van der Waals surface area contributed by atoms with Crippen LogP contribution in [0.25, 0.3) is 4.48 Å². The van der Waals surface area contributed by atoms with E-state index >= 15 is 0 Å². The van der Waals surface area contributed by atoms with Crippen LogP contribution in [0, 0.1) is 0 Å². The van der Waals surface area contributed by atoms with E-state index in [2.05, 4.69) is 26.2 Å². The number of nitrogens with one attached hydrogen (secondary N) is 1. The van der Waals surface area contributed by atoms with Gasteiger partial charge in [-0.1, -0.05) is 18.2 Å². The van der Waals surface area contributed by atoms with Crippen molar-refractivity contribution in [3.8, 4) is 5.75 Å². The highest BCUT2D eigenvalue weighted by molar-refractivity contribution is 9.15. The Labute approximate surface area is 172 Å². The van der Waals surface area contributed by atoms with Crippen LogP contribution in [0.15, 0.2) is 54.5 Å². The Morgan fingerprint density at radius 1 is 1.07 bits per heavy atom. The summed E-state index contributed by atoms with van der Waals surface area (Å²) in [6, 6.07) is 10.6. The largest absolute Gasteiger partial charge is 0.496 e. The lowest BCUT2D eigenvalue weighted by molar-refractivity contribution is -0.128. The number of amides is 2. The van der Waals surface area contributed by atoms with Crippen molar-refractivity contribution in [2.75, 3.05) is 20.2 Å². The number of nitrogens with zero attached hydrogens (tertiary/aromatic N) is 2. The quantitative estimate of drug-likeness (QED) is 0.716. The van der Waals surface area contributed by atoms with Crippen molar-refractivity contribution < 1.29 is 14.3 Å². The summed E-state index contributed by atoms with van der Waals surface area (Å²) in [5.74, 6) is 0.0333. The fourth-order valence-electron chi connectivity index (χ4n) is 3.11. The minimum absolute atomic E-state index is 0.202. The van der Waals surface area contributed by atoms with Crippen LogP contribution in [0.5, 0.6) is 5.75 Å². The molecule has 28 heavy (non-hydrogen) atoms. The maximum atomic E-state index is 13.2. The number of aromatic nitrogens is 1. The van der Waals surface area contributed by atoms with Gasteiger partial charge in [-0.25, -0.2) is 0 Å². The van der Waals surface area contributed by atoms with E-state index in [-0.39, 0.29) is 17.5 Å². The topological polar surface area (TPSA) is 71.5 Å². The Balaban J connectivity index is 2.00. The molecule has 0 saturated carbocycles. The van der Waals surface area contributed by atoms with Gasteiger partial charge < -0.3 is 15.0 Å². The molecule has 1 saturated heterocycles. The average Bonchev–Trinajstić information content (AvgIpc) is 2.77. The minimum atomic E-state index is -0.366. The molecule has 0 aliphatic carbocycles. The zero-order chi connectivity index (χ0) is 19.9. The van der Waals surface area contributed by atoms with Gasteiger partial charge in [-0.05, 0) is 53.4 Å². The molecule has 0 radical (unpaired) electrons. The lowest BCUT2D eigenvalue weighted by atomic mass is 10.1. The number of carbonyl (C=O) groups excluding carboxylic acids is 2. The molecule has 0 bridgehead atoms. The van der Waals surface area contributed by atoms with Crippen LogP contribution in [0.3, 0.4) is 0 Å². The fraction of sp³-hybridized carbons (Fsp3) is 0.286. The molecular weight excluding hydrogens is 422 g/mol. The molecule has 1 aliphatic heterocycles. The van der Waals surface area contributed by atoms with Crippen LogP contribution in [-0.4, -0.2) is 41.9 Å². The third kappa shape index (κ3) is 4.59. The van der Waals surface area contributed by atoms with Crippen molar-refractivity contribution in [3.05, 3.63) is 65.6 Å².